The minimum Gasteiger partial charge on any atom is -0.381 e. The van der Waals surface area contributed by atoms with Crippen molar-refractivity contribution in [1.82, 2.24) is 0 Å². The zero-order chi connectivity index (χ0) is 8.97. The predicted molar refractivity (Wildman–Crippen MR) is 52.2 cm³/mol. The minimum atomic E-state index is 0.523. The zero-order valence-corrected chi connectivity index (χ0v) is 8.68. The molecule has 1 atom stereocenters. The number of ether oxygens (including phenoxy) is 1. The van der Waals surface area contributed by atoms with Gasteiger partial charge in [-0.3, -0.25) is 0 Å². The third-order valence-corrected chi connectivity index (χ3v) is 2.89. The van der Waals surface area contributed by atoms with Gasteiger partial charge < -0.3 is 4.74 Å². The van der Waals surface area contributed by atoms with E-state index < -0.39 is 0 Å². The van der Waals surface area contributed by atoms with E-state index in [-0.39, 0.29) is 0 Å². The van der Waals surface area contributed by atoms with Crippen LogP contribution in [0.25, 0.3) is 0 Å². The Morgan fingerprint density at radius 1 is 1.33 bits per heavy atom. The maximum atomic E-state index is 5.47. The molecule has 0 bridgehead atoms. The number of methoxy groups -OCH3 is 1. The molecule has 0 radical (unpaired) electrons. The molecule has 1 fully saturated rings. The van der Waals surface area contributed by atoms with Crippen LogP contribution < -0.4 is 0 Å². The summed E-state index contributed by atoms with van der Waals surface area (Å²) in [6, 6.07) is 0. The first kappa shape index (κ1) is 10.0. The molecule has 0 heterocycles. The highest BCUT2D eigenvalue weighted by molar-refractivity contribution is 4.74. The Morgan fingerprint density at radius 3 is 2.33 bits per heavy atom. The fourth-order valence-electron chi connectivity index (χ4n) is 1.91. The van der Waals surface area contributed by atoms with Gasteiger partial charge in [0, 0.05) is 7.11 Å². The van der Waals surface area contributed by atoms with Gasteiger partial charge in [0.2, 0.25) is 0 Å². The molecule has 1 nitrogen and oxygen atoms in total. The summed E-state index contributed by atoms with van der Waals surface area (Å²) in [7, 11) is 1.85. The van der Waals surface area contributed by atoms with Crippen LogP contribution in [0.2, 0.25) is 0 Å². The molecule has 1 unspecified atom stereocenters. The summed E-state index contributed by atoms with van der Waals surface area (Å²) < 4.78 is 5.47. The van der Waals surface area contributed by atoms with Gasteiger partial charge in [0.1, 0.15) is 0 Å². The summed E-state index contributed by atoms with van der Waals surface area (Å²) in [5.74, 6) is 1.75. The Morgan fingerprint density at radius 2 is 2.00 bits per heavy atom. The van der Waals surface area contributed by atoms with Crippen LogP contribution in [0.5, 0.6) is 0 Å². The monoisotopic (exact) mass is 170 g/mol. The molecular formula is C11H22O. The first-order valence-corrected chi connectivity index (χ1v) is 5.25. The van der Waals surface area contributed by atoms with Gasteiger partial charge in [0.25, 0.3) is 0 Å². The largest absolute Gasteiger partial charge is 0.381 e. The SMILES string of the molecule is COC(CC(C)C)CC1CCC1. The van der Waals surface area contributed by atoms with E-state index in [1.807, 2.05) is 7.11 Å². The van der Waals surface area contributed by atoms with Crippen LogP contribution in [0.3, 0.4) is 0 Å². The predicted octanol–water partition coefficient (Wildman–Crippen LogP) is 3.24. The lowest BCUT2D eigenvalue weighted by Crippen LogP contribution is -2.22. The Labute approximate surface area is 76.5 Å². The van der Waals surface area contributed by atoms with E-state index in [4.69, 9.17) is 4.74 Å². The van der Waals surface area contributed by atoms with E-state index in [2.05, 4.69) is 13.8 Å². The fraction of sp³-hybridized carbons (Fsp3) is 1.00. The summed E-state index contributed by atoms with van der Waals surface area (Å²) in [6.07, 6.45) is 7.38. The molecule has 1 aliphatic rings. The van der Waals surface area contributed by atoms with Crippen molar-refractivity contribution in [3.05, 3.63) is 0 Å². The van der Waals surface area contributed by atoms with E-state index in [1.54, 1.807) is 0 Å². The molecule has 0 amide bonds. The molecule has 0 spiro atoms. The van der Waals surface area contributed by atoms with Crippen LogP contribution in [-0.4, -0.2) is 13.2 Å². The molecule has 0 N–H and O–H groups in total. The molecule has 1 rings (SSSR count). The second-order valence-corrected chi connectivity index (χ2v) is 4.52. The van der Waals surface area contributed by atoms with Crippen LogP contribution in [-0.2, 0) is 4.74 Å². The van der Waals surface area contributed by atoms with Gasteiger partial charge in [-0.2, -0.15) is 0 Å². The summed E-state index contributed by atoms with van der Waals surface area (Å²) >= 11 is 0. The minimum absolute atomic E-state index is 0.523. The number of hydrogen-bond donors (Lipinski definition) is 0. The lowest BCUT2D eigenvalue weighted by atomic mass is 9.80. The Balaban J connectivity index is 2.15. The van der Waals surface area contributed by atoms with E-state index in [9.17, 15) is 0 Å². The van der Waals surface area contributed by atoms with Gasteiger partial charge in [0.15, 0.2) is 0 Å². The quantitative estimate of drug-likeness (QED) is 0.615. The van der Waals surface area contributed by atoms with E-state index in [1.165, 1.54) is 32.1 Å². The molecule has 1 aliphatic carbocycles. The van der Waals surface area contributed by atoms with Crippen molar-refractivity contribution < 1.29 is 4.74 Å². The second kappa shape index (κ2) is 4.86. The van der Waals surface area contributed by atoms with Crippen LogP contribution in [0.15, 0.2) is 0 Å². The molecule has 72 valence electrons. The molecule has 1 heteroatoms. The molecule has 0 aromatic heterocycles. The first-order chi connectivity index (χ1) is 5.72. The summed E-state index contributed by atoms with van der Waals surface area (Å²) in [5.41, 5.74) is 0. The van der Waals surface area contributed by atoms with E-state index >= 15 is 0 Å². The van der Waals surface area contributed by atoms with Crippen LogP contribution in [0, 0.1) is 11.8 Å². The first-order valence-electron chi connectivity index (χ1n) is 5.25. The van der Waals surface area contributed by atoms with Crippen molar-refractivity contribution in [2.24, 2.45) is 11.8 Å². The maximum Gasteiger partial charge on any atom is 0.0576 e. The third kappa shape index (κ3) is 3.14. The molecule has 0 saturated heterocycles. The van der Waals surface area contributed by atoms with Crippen LogP contribution in [0.4, 0.5) is 0 Å². The van der Waals surface area contributed by atoms with Gasteiger partial charge in [-0.15, -0.1) is 0 Å². The van der Waals surface area contributed by atoms with Gasteiger partial charge in [-0.25, -0.2) is 0 Å². The van der Waals surface area contributed by atoms with Crippen molar-refractivity contribution in [2.75, 3.05) is 7.11 Å². The highest BCUT2D eigenvalue weighted by Crippen LogP contribution is 2.32. The average Bonchev–Trinajstić information content (AvgIpc) is 1.93. The Bertz CT molecular complexity index is 116. The second-order valence-electron chi connectivity index (χ2n) is 4.52. The molecule has 0 aromatic rings. The topological polar surface area (TPSA) is 9.23 Å². The van der Waals surface area contributed by atoms with Crippen molar-refractivity contribution >= 4 is 0 Å². The maximum absolute atomic E-state index is 5.47. The molecular weight excluding hydrogens is 148 g/mol. The summed E-state index contributed by atoms with van der Waals surface area (Å²) in [5, 5.41) is 0. The Kier molecular flexibility index (Phi) is 4.07. The lowest BCUT2D eigenvalue weighted by molar-refractivity contribution is 0.0507. The standard InChI is InChI=1S/C11H22O/c1-9(2)7-11(12-3)8-10-5-4-6-10/h9-11H,4-8H2,1-3H3. The van der Waals surface area contributed by atoms with Crippen LogP contribution in [0.1, 0.15) is 46.0 Å². The van der Waals surface area contributed by atoms with Crippen LogP contribution >= 0.6 is 0 Å². The highest BCUT2D eigenvalue weighted by atomic mass is 16.5. The average molecular weight is 170 g/mol. The van der Waals surface area contributed by atoms with Crippen molar-refractivity contribution in [3.8, 4) is 0 Å². The van der Waals surface area contributed by atoms with Gasteiger partial charge in [0.05, 0.1) is 6.10 Å². The van der Waals surface area contributed by atoms with E-state index in [0.717, 1.165) is 11.8 Å². The smallest absolute Gasteiger partial charge is 0.0576 e. The van der Waals surface area contributed by atoms with E-state index in [0.29, 0.717) is 6.10 Å². The molecule has 0 aliphatic heterocycles. The van der Waals surface area contributed by atoms with Crippen molar-refractivity contribution in [3.63, 3.8) is 0 Å². The van der Waals surface area contributed by atoms with Gasteiger partial charge in [-0.1, -0.05) is 33.1 Å². The molecule has 0 aromatic carbocycles. The molecule has 12 heavy (non-hydrogen) atoms. The van der Waals surface area contributed by atoms with Gasteiger partial charge >= 0.3 is 0 Å². The summed E-state index contributed by atoms with van der Waals surface area (Å²) in [4.78, 5) is 0. The number of rotatable bonds is 5. The molecule has 1 saturated carbocycles. The van der Waals surface area contributed by atoms with Crippen molar-refractivity contribution in [1.29, 1.82) is 0 Å². The summed E-state index contributed by atoms with van der Waals surface area (Å²) in [6.45, 7) is 4.54. The lowest BCUT2D eigenvalue weighted by Gasteiger charge is -2.29. The fourth-order valence-corrected chi connectivity index (χ4v) is 1.91. The Hall–Kier alpha value is -0.0400. The van der Waals surface area contributed by atoms with Crippen molar-refractivity contribution in [2.45, 2.75) is 52.1 Å². The number of hydrogen-bond acceptors (Lipinski definition) is 1. The normalized spacial score (nSPS) is 21.0. The highest BCUT2D eigenvalue weighted by Gasteiger charge is 2.22. The van der Waals surface area contributed by atoms with Gasteiger partial charge in [-0.05, 0) is 24.7 Å². The zero-order valence-electron chi connectivity index (χ0n) is 8.68. The third-order valence-electron chi connectivity index (χ3n) is 2.89.